The Bertz CT molecular complexity index is 868. The Morgan fingerprint density at radius 1 is 1.17 bits per heavy atom. The minimum atomic E-state index is -0.637. The molecule has 30 heavy (non-hydrogen) atoms. The highest BCUT2D eigenvalue weighted by Crippen LogP contribution is 2.18. The van der Waals surface area contributed by atoms with Crippen molar-refractivity contribution in [3.8, 4) is 0 Å². The van der Waals surface area contributed by atoms with Crippen LogP contribution < -0.4 is 22.1 Å². The van der Waals surface area contributed by atoms with E-state index in [0.717, 1.165) is 17.0 Å². The normalized spacial score (nSPS) is 11.0. The molecule has 2 aromatic rings. The smallest absolute Gasteiger partial charge is 0.242 e. The van der Waals surface area contributed by atoms with Gasteiger partial charge < -0.3 is 22.1 Å². The lowest BCUT2D eigenvalue weighted by molar-refractivity contribution is -0.128. The predicted octanol–water partition coefficient (Wildman–Crippen LogP) is 2.26. The summed E-state index contributed by atoms with van der Waals surface area (Å²) >= 11 is 5.89. The van der Waals surface area contributed by atoms with Crippen molar-refractivity contribution in [3.05, 3.63) is 69.7 Å². The summed E-state index contributed by atoms with van der Waals surface area (Å²) in [5.41, 5.74) is 14.6. The fourth-order valence-electron chi connectivity index (χ4n) is 2.55. The molecule has 0 spiro atoms. The third-order valence-corrected chi connectivity index (χ3v) is 4.86. The number of hydrogen-bond donors (Lipinski definition) is 5. The van der Waals surface area contributed by atoms with Gasteiger partial charge in [-0.1, -0.05) is 54.9 Å². The number of benzene rings is 2. The molecule has 0 aliphatic rings. The van der Waals surface area contributed by atoms with Crippen LogP contribution in [0, 0.1) is 12.3 Å². The summed E-state index contributed by atoms with van der Waals surface area (Å²) in [6.07, 6.45) is 1.06. The van der Waals surface area contributed by atoms with E-state index in [2.05, 4.69) is 30.5 Å². The SMILES string of the molecule is CC(NC(=O)CN)C(=O)NCc1ccc(C(=N)N)cc1.CCc1cccc(Cl)c1C. The van der Waals surface area contributed by atoms with Crippen molar-refractivity contribution >= 4 is 29.3 Å². The number of nitrogens with two attached hydrogens (primary N) is 2. The van der Waals surface area contributed by atoms with Crippen molar-refractivity contribution in [1.82, 2.24) is 10.6 Å². The van der Waals surface area contributed by atoms with Gasteiger partial charge in [0.15, 0.2) is 0 Å². The molecule has 1 atom stereocenters. The summed E-state index contributed by atoms with van der Waals surface area (Å²) < 4.78 is 0. The monoisotopic (exact) mass is 431 g/mol. The van der Waals surface area contributed by atoms with Crippen molar-refractivity contribution in [3.63, 3.8) is 0 Å². The highest BCUT2D eigenvalue weighted by Gasteiger charge is 2.14. The van der Waals surface area contributed by atoms with Gasteiger partial charge in [-0.25, -0.2) is 0 Å². The zero-order valence-electron chi connectivity index (χ0n) is 17.6. The van der Waals surface area contributed by atoms with Crippen LogP contribution in [0.4, 0.5) is 0 Å². The molecule has 2 rings (SSSR count). The van der Waals surface area contributed by atoms with E-state index in [-0.39, 0.29) is 24.2 Å². The van der Waals surface area contributed by atoms with Crippen molar-refractivity contribution in [2.75, 3.05) is 6.54 Å². The molecule has 1 unspecified atom stereocenters. The van der Waals surface area contributed by atoms with E-state index < -0.39 is 6.04 Å². The summed E-state index contributed by atoms with van der Waals surface area (Å²) in [7, 11) is 0. The maximum atomic E-state index is 11.7. The van der Waals surface area contributed by atoms with Crippen LogP contribution in [0.1, 0.15) is 36.1 Å². The van der Waals surface area contributed by atoms with Crippen LogP contribution in [0.5, 0.6) is 0 Å². The van der Waals surface area contributed by atoms with Crippen LogP contribution in [0.25, 0.3) is 0 Å². The average molecular weight is 432 g/mol. The second kappa shape index (κ2) is 12.6. The van der Waals surface area contributed by atoms with Gasteiger partial charge in [0, 0.05) is 17.1 Å². The zero-order valence-corrected chi connectivity index (χ0v) is 18.3. The molecule has 0 bridgehead atoms. The minimum Gasteiger partial charge on any atom is -0.384 e. The summed E-state index contributed by atoms with van der Waals surface area (Å²) in [6, 6.07) is 12.4. The van der Waals surface area contributed by atoms with E-state index in [1.807, 2.05) is 12.1 Å². The molecule has 0 aromatic heterocycles. The van der Waals surface area contributed by atoms with Crippen LogP contribution in [-0.4, -0.2) is 30.2 Å². The van der Waals surface area contributed by atoms with Gasteiger partial charge in [0.1, 0.15) is 11.9 Å². The Morgan fingerprint density at radius 3 is 2.30 bits per heavy atom. The van der Waals surface area contributed by atoms with E-state index in [4.69, 9.17) is 28.5 Å². The van der Waals surface area contributed by atoms with Gasteiger partial charge in [-0.2, -0.15) is 0 Å². The highest BCUT2D eigenvalue weighted by atomic mass is 35.5. The first-order valence-corrected chi connectivity index (χ1v) is 10.0. The van der Waals surface area contributed by atoms with Crippen LogP contribution in [0.3, 0.4) is 0 Å². The number of aryl methyl sites for hydroxylation is 1. The lowest BCUT2D eigenvalue weighted by atomic mass is 10.1. The van der Waals surface area contributed by atoms with Gasteiger partial charge in [-0.15, -0.1) is 0 Å². The van der Waals surface area contributed by atoms with Gasteiger partial charge in [0.05, 0.1) is 6.54 Å². The number of hydrogen-bond acceptors (Lipinski definition) is 4. The van der Waals surface area contributed by atoms with Crippen molar-refractivity contribution in [2.45, 2.75) is 39.8 Å². The quantitative estimate of drug-likeness (QED) is 0.339. The first kappa shape index (κ1) is 25.1. The Labute approximate surface area is 182 Å². The number of nitrogens with one attached hydrogen (secondary N) is 3. The number of rotatable bonds is 7. The van der Waals surface area contributed by atoms with E-state index in [1.54, 1.807) is 31.2 Å². The van der Waals surface area contributed by atoms with Gasteiger partial charge in [0.25, 0.3) is 0 Å². The van der Waals surface area contributed by atoms with Gasteiger partial charge in [-0.05, 0) is 43.0 Å². The second-order valence-electron chi connectivity index (χ2n) is 6.70. The first-order chi connectivity index (χ1) is 14.2. The molecular formula is C22H30ClN5O2. The van der Waals surface area contributed by atoms with E-state index in [9.17, 15) is 9.59 Å². The summed E-state index contributed by atoms with van der Waals surface area (Å²) in [4.78, 5) is 22.8. The van der Waals surface area contributed by atoms with E-state index in [0.29, 0.717) is 12.1 Å². The number of carbonyl (C=O) groups excluding carboxylic acids is 2. The molecule has 162 valence electrons. The van der Waals surface area contributed by atoms with E-state index in [1.165, 1.54) is 11.1 Å². The van der Waals surface area contributed by atoms with Gasteiger partial charge in [0.2, 0.25) is 11.8 Å². The van der Waals surface area contributed by atoms with E-state index >= 15 is 0 Å². The number of carbonyl (C=O) groups is 2. The van der Waals surface area contributed by atoms with Gasteiger partial charge in [-0.3, -0.25) is 15.0 Å². The number of halogens is 1. The van der Waals surface area contributed by atoms with Crippen LogP contribution in [0.2, 0.25) is 5.02 Å². The van der Waals surface area contributed by atoms with Crippen molar-refractivity contribution in [1.29, 1.82) is 5.41 Å². The third-order valence-electron chi connectivity index (χ3n) is 4.45. The second-order valence-corrected chi connectivity index (χ2v) is 7.11. The molecule has 8 heteroatoms. The fraction of sp³-hybridized carbons (Fsp3) is 0.318. The molecule has 0 aliphatic heterocycles. The van der Waals surface area contributed by atoms with Crippen LogP contribution in [-0.2, 0) is 22.6 Å². The Balaban J connectivity index is 0.000000375. The molecule has 0 radical (unpaired) electrons. The Morgan fingerprint density at radius 2 is 1.80 bits per heavy atom. The largest absolute Gasteiger partial charge is 0.384 e. The zero-order chi connectivity index (χ0) is 22.7. The standard InChI is InChI=1S/C13H19N5O2.C9H11Cl/c1-8(18-11(19)6-14)13(20)17-7-9-2-4-10(5-3-9)12(15)16;1-3-8-5-4-6-9(10)7(8)2/h2-5,8H,6-7,14H2,1H3,(H3,15,16)(H,17,20)(H,18,19);4-6H,3H2,1-2H3. The lowest BCUT2D eigenvalue weighted by Gasteiger charge is -2.13. The third kappa shape index (κ3) is 8.23. The molecule has 2 aromatic carbocycles. The number of amides is 2. The Kier molecular flexibility index (Phi) is 10.6. The molecule has 7 N–H and O–H groups in total. The Hall–Kier alpha value is -2.90. The van der Waals surface area contributed by atoms with Crippen molar-refractivity contribution in [2.24, 2.45) is 11.5 Å². The van der Waals surface area contributed by atoms with Crippen LogP contribution >= 0.6 is 11.6 Å². The molecule has 0 fully saturated rings. The minimum absolute atomic E-state index is 0.00120. The maximum absolute atomic E-state index is 11.7. The molecule has 7 nitrogen and oxygen atoms in total. The maximum Gasteiger partial charge on any atom is 0.242 e. The summed E-state index contributed by atoms with van der Waals surface area (Å²) in [6.45, 7) is 5.96. The summed E-state index contributed by atoms with van der Waals surface area (Å²) in [5, 5.41) is 13.3. The molecule has 2 amide bonds. The molecule has 0 aliphatic carbocycles. The van der Waals surface area contributed by atoms with Crippen LogP contribution in [0.15, 0.2) is 42.5 Å². The highest BCUT2D eigenvalue weighted by molar-refractivity contribution is 6.31. The number of nitrogen functional groups attached to an aromatic ring is 1. The predicted molar refractivity (Wildman–Crippen MR) is 122 cm³/mol. The molecule has 0 saturated carbocycles. The first-order valence-electron chi connectivity index (χ1n) is 9.64. The molecule has 0 heterocycles. The topological polar surface area (TPSA) is 134 Å². The molecule has 0 saturated heterocycles. The lowest BCUT2D eigenvalue weighted by Crippen LogP contribution is -2.46. The summed E-state index contributed by atoms with van der Waals surface area (Å²) in [5.74, 6) is -0.667. The average Bonchev–Trinajstić information content (AvgIpc) is 2.74. The van der Waals surface area contributed by atoms with Crippen molar-refractivity contribution < 1.29 is 9.59 Å². The molecular weight excluding hydrogens is 402 g/mol. The fourth-order valence-corrected chi connectivity index (χ4v) is 2.74. The van der Waals surface area contributed by atoms with Gasteiger partial charge >= 0.3 is 0 Å². The number of amidine groups is 1.